The van der Waals surface area contributed by atoms with Crippen LogP contribution in [-0.2, 0) is 4.79 Å². The number of carbonyl (C=O) groups excluding carboxylic acids is 1. The predicted molar refractivity (Wildman–Crippen MR) is 69.5 cm³/mol. The number of hydrogen-bond donors (Lipinski definition) is 2. The Morgan fingerprint density at radius 3 is 2.67 bits per heavy atom. The van der Waals surface area contributed by atoms with Gasteiger partial charge in [0.2, 0.25) is 5.91 Å². The molecule has 94 valence electrons. The zero-order chi connectivity index (χ0) is 13.4. The smallest absolute Gasteiger partial charge is 0.244 e. The maximum absolute atomic E-state index is 11.5. The summed E-state index contributed by atoms with van der Waals surface area (Å²) in [6, 6.07) is 8.75. The fourth-order valence-corrected chi connectivity index (χ4v) is 1.37. The Hall–Kier alpha value is -2.12. The zero-order valence-electron chi connectivity index (χ0n) is 10.3. The summed E-state index contributed by atoms with van der Waals surface area (Å²) in [5.74, 6) is -0.236. The lowest BCUT2D eigenvalue weighted by Crippen LogP contribution is -2.35. The summed E-state index contributed by atoms with van der Waals surface area (Å²) in [5.41, 5.74) is 1.43. The first-order valence-corrected chi connectivity index (χ1v) is 5.79. The van der Waals surface area contributed by atoms with E-state index in [9.17, 15) is 4.79 Å². The van der Waals surface area contributed by atoms with E-state index in [1.54, 1.807) is 30.3 Å². The molecule has 1 aromatic carbocycles. The minimum atomic E-state index is -0.236. The van der Waals surface area contributed by atoms with Crippen LogP contribution in [0.4, 0.5) is 0 Å². The summed E-state index contributed by atoms with van der Waals surface area (Å²) in [4.78, 5) is 11.5. The van der Waals surface area contributed by atoms with Crippen LogP contribution in [0.25, 0.3) is 6.08 Å². The highest BCUT2D eigenvalue weighted by atomic mass is 16.3. The van der Waals surface area contributed by atoms with Crippen LogP contribution in [0, 0.1) is 11.3 Å². The summed E-state index contributed by atoms with van der Waals surface area (Å²) in [7, 11) is 0. The molecule has 1 atom stereocenters. The number of aliphatic hydroxyl groups is 1. The number of rotatable bonds is 5. The molecule has 0 aliphatic heterocycles. The van der Waals surface area contributed by atoms with Crippen molar-refractivity contribution in [1.29, 1.82) is 5.26 Å². The van der Waals surface area contributed by atoms with Gasteiger partial charge in [0.1, 0.15) is 0 Å². The average molecular weight is 244 g/mol. The third kappa shape index (κ3) is 4.40. The molecule has 4 nitrogen and oxygen atoms in total. The monoisotopic (exact) mass is 244 g/mol. The molecule has 2 N–H and O–H groups in total. The normalized spacial score (nSPS) is 12.1. The summed E-state index contributed by atoms with van der Waals surface area (Å²) in [6.45, 7) is 1.83. The van der Waals surface area contributed by atoms with Crippen molar-refractivity contribution in [2.75, 3.05) is 6.61 Å². The van der Waals surface area contributed by atoms with Gasteiger partial charge >= 0.3 is 0 Å². The maximum Gasteiger partial charge on any atom is 0.244 e. The standard InChI is InChI=1S/C14H16N2O2/c1-2-13(10-17)16-14(18)8-7-11-3-5-12(9-15)6-4-11/h3-8,13,17H,2,10H2,1H3,(H,16,18)/b8-7+/t13-/m0/s1. The molecule has 18 heavy (non-hydrogen) atoms. The van der Waals surface area contributed by atoms with Gasteiger partial charge in [0.05, 0.1) is 24.3 Å². The lowest BCUT2D eigenvalue weighted by atomic mass is 10.1. The van der Waals surface area contributed by atoms with Gasteiger partial charge in [0.15, 0.2) is 0 Å². The second kappa shape index (κ2) is 7.25. The van der Waals surface area contributed by atoms with Crippen LogP contribution >= 0.6 is 0 Å². The van der Waals surface area contributed by atoms with Crippen LogP contribution < -0.4 is 5.32 Å². The number of nitriles is 1. The van der Waals surface area contributed by atoms with Crippen LogP contribution in [0.5, 0.6) is 0 Å². The molecule has 4 heteroatoms. The maximum atomic E-state index is 11.5. The van der Waals surface area contributed by atoms with E-state index >= 15 is 0 Å². The van der Waals surface area contributed by atoms with Crippen molar-refractivity contribution < 1.29 is 9.90 Å². The predicted octanol–water partition coefficient (Wildman–Crippen LogP) is 1.46. The van der Waals surface area contributed by atoms with E-state index in [0.717, 1.165) is 5.56 Å². The summed E-state index contributed by atoms with van der Waals surface area (Å²) in [5, 5.41) is 20.3. The molecule has 0 saturated heterocycles. The highest BCUT2D eigenvalue weighted by molar-refractivity contribution is 5.91. The molecule has 0 aromatic heterocycles. The summed E-state index contributed by atoms with van der Waals surface area (Å²) < 4.78 is 0. The van der Waals surface area contributed by atoms with Crippen LogP contribution in [0.3, 0.4) is 0 Å². The highest BCUT2D eigenvalue weighted by Gasteiger charge is 2.05. The molecule has 0 aliphatic rings. The molecular weight excluding hydrogens is 228 g/mol. The van der Waals surface area contributed by atoms with E-state index in [4.69, 9.17) is 10.4 Å². The summed E-state index contributed by atoms with van der Waals surface area (Å²) >= 11 is 0. The lowest BCUT2D eigenvalue weighted by Gasteiger charge is -2.11. The van der Waals surface area contributed by atoms with Gasteiger partial charge in [0.25, 0.3) is 0 Å². The molecule has 0 bridgehead atoms. The van der Waals surface area contributed by atoms with Crippen molar-refractivity contribution in [1.82, 2.24) is 5.32 Å². The van der Waals surface area contributed by atoms with Crippen molar-refractivity contribution in [3.8, 4) is 6.07 Å². The van der Waals surface area contributed by atoms with Gasteiger partial charge in [-0.25, -0.2) is 0 Å². The van der Waals surface area contributed by atoms with Crippen molar-refractivity contribution >= 4 is 12.0 Å². The first kappa shape index (κ1) is 13.9. The Kier molecular flexibility index (Phi) is 5.62. The van der Waals surface area contributed by atoms with Crippen LogP contribution in [0.15, 0.2) is 30.3 Å². The number of hydrogen-bond acceptors (Lipinski definition) is 3. The number of carbonyl (C=O) groups is 1. The van der Waals surface area contributed by atoms with Crippen LogP contribution in [0.1, 0.15) is 24.5 Å². The van der Waals surface area contributed by atoms with Crippen molar-refractivity contribution in [2.45, 2.75) is 19.4 Å². The van der Waals surface area contributed by atoms with Gasteiger partial charge in [-0.1, -0.05) is 19.1 Å². The number of aliphatic hydroxyl groups excluding tert-OH is 1. The third-order valence-electron chi connectivity index (χ3n) is 2.53. The van der Waals surface area contributed by atoms with Gasteiger partial charge in [-0.05, 0) is 30.2 Å². The molecule has 0 fully saturated rings. The molecule has 0 unspecified atom stereocenters. The average Bonchev–Trinajstić information content (AvgIpc) is 2.43. The van der Waals surface area contributed by atoms with Crippen molar-refractivity contribution in [2.24, 2.45) is 0 Å². The third-order valence-corrected chi connectivity index (χ3v) is 2.53. The molecule has 0 saturated carbocycles. The minimum absolute atomic E-state index is 0.0626. The fourth-order valence-electron chi connectivity index (χ4n) is 1.37. The number of benzene rings is 1. The second-order valence-electron chi connectivity index (χ2n) is 3.86. The molecule has 0 radical (unpaired) electrons. The van der Waals surface area contributed by atoms with E-state index in [2.05, 4.69) is 5.32 Å². The quantitative estimate of drug-likeness (QED) is 0.770. The Balaban J connectivity index is 2.58. The van der Waals surface area contributed by atoms with E-state index in [1.165, 1.54) is 6.08 Å². The lowest BCUT2D eigenvalue weighted by molar-refractivity contribution is -0.117. The Morgan fingerprint density at radius 2 is 2.17 bits per heavy atom. The van der Waals surface area contributed by atoms with Crippen molar-refractivity contribution in [3.63, 3.8) is 0 Å². The van der Waals surface area contributed by atoms with Crippen LogP contribution in [-0.4, -0.2) is 23.7 Å². The molecule has 0 aliphatic carbocycles. The number of nitrogens with one attached hydrogen (secondary N) is 1. The minimum Gasteiger partial charge on any atom is -0.394 e. The number of amides is 1. The Morgan fingerprint density at radius 1 is 1.50 bits per heavy atom. The van der Waals surface area contributed by atoms with E-state index < -0.39 is 0 Å². The SMILES string of the molecule is CC[C@@H](CO)NC(=O)/C=C/c1ccc(C#N)cc1. The van der Waals surface area contributed by atoms with E-state index in [0.29, 0.717) is 12.0 Å². The van der Waals surface area contributed by atoms with E-state index in [-0.39, 0.29) is 18.6 Å². The van der Waals surface area contributed by atoms with Gasteiger partial charge in [-0.15, -0.1) is 0 Å². The van der Waals surface area contributed by atoms with Crippen LogP contribution in [0.2, 0.25) is 0 Å². The number of nitrogens with zero attached hydrogens (tertiary/aromatic N) is 1. The van der Waals surface area contributed by atoms with Gasteiger partial charge < -0.3 is 10.4 Å². The second-order valence-corrected chi connectivity index (χ2v) is 3.86. The fraction of sp³-hybridized carbons (Fsp3) is 0.286. The van der Waals surface area contributed by atoms with Gasteiger partial charge in [-0.2, -0.15) is 5.26 Å². The summed E-state index contributed by atoms with van der Waals surface area (Å²) in [6.07, 6.45) is 3.77. The Labute approximate surface area is 107 Å². The Bertz CT molecular complexity index is 454. The molecule has 1 aromatic rings. The molecular formula is C14H16N2O2. The largest absolute Gasteiger partial charge is 0.394 e. The molecule has 1 rings (SSSR count). The molecule has 0 heterocycles. The topological polar surface area (TPSA) is 73.1 Å². The van der Waals surface area contributed by atoms with E-state index in [1.807, 2.05) is 13.0 Å². The van der Waals surface area contributed by atoms with Gasteiger partial charge in [0, 0.05) is 6.08 Å². The molecule has 1 amide bonds. The highest BCUT2D eigenvalue weighted by Crippen LogP contribution is 2.05. The first-order valence-electron chi connectivity index (χ1n) is 5.79. The zero-order valence-corrected chi connectivity index (χ0v) is 10.3. The first-order chi connectivity index (χ1) is 8.69. The molecule has 0 spiro atoms. The van der Waals surface area contributed by atoms with Gasteiger partial charge in [-0.3, -0.25) is 4.79 Å². The van der Waals surface area contributed by atoms with Crippen molar-refractivity contribution in [3.05, 3.63) is 41.5 Å².